The Hall–Kier alpha value is -3.40. The van der Waals surface area contributed by atoms with E-state index in [0.29, 0.717) is 35.6 Å². The fourth-order valence-corrected chi connectivity index (χ4v) is 5.06. The highest BCUT2D eigenvalue weighted by molar-refractivity contribution is 7.93. The number of fused-ring (bicyclic) bond motifs is 1. The summed E-state index contributed by atoms with van der Waals surface area (Å²) < 4.78 is 25.3. The second kappa shape index (κ2) is 7.79. The number of benzene rings is 2. The number of amides is 3. The van der Waals surface area contributed by atoms with Crippen LogP contribution in [0.4, 0.5) is 17.1 Å². The highest BCUT2D eigenvalue weighted by atomic mass is 32.2. The van der Waals surface area contributed by atoms with Crippen molar-refractivity contribution in [1.82, 2.24) is 5.32 Å². The molecule has 1 saturated heterocycles. The monoisotopic (exact) mass is 428 g/mol. The van der Waals surface area contributed by atoms with Crippen molar-refractivity contribution in [3.05, 3.63) is 54.1 Å². The van der Waals surface area contributed by atoms with Crippen LogP contribution in [0.25, 0.3) is 0 Å². The molecule has 3 N–H and O–H groups in total. The largest absolute Gasteiger partial charge is 0.340 e. The second-order valence-corrected chi connectivity index (χ2v) is 9.11. The number of hydrogen-bond acceptors (Lipinski definition) is 5. The van der Waals surface area contributed by atoms with E-state index >= 15 is 0 Å². The number of rotatable bonds is 4. The van der Waals surface area contributed by atoms with E-state index < -0.39 is 33.8 Å². The summed E-state index contributed by atoms with van der Waals surface area (Å²) in [5.41, 5.74) is 1.74. The van der Waals surface area contributed by atoms with Crippen molar-refractivity contribution in [2.75, 3.05) is 27.2 Å². The maximum absolute atomic E-state index is 12.4. The smallest absolute Gasteiger partial charge is 0.254 e. The zero-order valence-corrected chi connectivity index (χ0v) is 16.7. The number of nitrogens with one attached hydrogen (secondary N) is 3. The number of anilines is 3. The van der Waals surface area contributed by atoms with Crippen molar-refractivity contribution in [2.45, 2.75) is 18.9 Å². The Morgan fingerprint density at radius 2 is 1.83 bits per heavy atom. The number of carbonyl (C=O) groups excluding carboxylic acids is 3. The molecule has 0 spiro atoms. The first-order chi connectivity index (χ1) is 14.3. The summed E-state index contributed by atoms with van der Waals surface area (Å²) in [6, 6.07) is 12.0. The van der Waals surface area contributed by atoms with Gasteiger partial charge in [0.05, 0.1) is 29.1 Å². The Balaban J connectivity index is 1.40. The molecule has 2 aromatic carbocycles. The van der Waals surface area contributed by atoms with E-state index in [1.807, 2.05) is 0 Å². The third-order valence-electron chi connectivity index (χ3n) is 4.98. The molecule has 1 atom stereocenters. The average molecular weight is 428 g/mol. The first-order valence-corrected chi connectivity index (χ1v) is 11.1. The van der Waals surface area contributed by atoms with Gasteiger partial charge in [0.1, 0.15) is 6.04 Å². The molecule has 2 aliphatic rings. The van der Waals surface area contributed by atoms with Crippen LogP contribution >= 0.6 is 0 Å². The van der Waals surface area contributed by atoms with Gasteiger partial charge in [0.15, 0.2) is 0 Å². The van der Waals surface area contributed by atoms with Crippen LogP contribution in [-0.4, -0.2) is 44.5 Å². The lowest BCUT2D eigenvalue weighted by molar-refractivity contribution is -0.122. The van der Waals surface area contributed by atoms with Crippen LogP contribution in [0.5, 0.6) is 0 Å². The third-order valence-corrected chi connectivity index (χ3v) is 6.85. The fraction of sp³-hybridized carbons (Fsp3) is 0.250. The summed E-state index contributed by atoms with van der Waals surface area (Å²) in [5.74, 6) is -1.23. The van der Waals surface area contributed by atoms with Gasteiger partial charge in [0, 0.05) is 12.2 Å². The molecule has 30 heavy (non-hydrogen) atoms. The molecule has 10 heteroatoms. The Bertz CT molecular complexity index is 1110. The lowest BCUT2D eigenvalue weighted by Crippen LogP contribution is -2.43. The molecule has 4 rings (SSSR count). The average Bonchev–Trinajstić information content (AvgIpc) is 3.01. The number of hydrogen-bond donors (Lipinski definition) is 3. The molecule has 0 saturated carbocycles. The Kier molecular flexibility index (Phi) is 5.17. The summed E-state index contributed by atoms with van der Waals surface area (Å²) in [4.78, 5) is 37.1. The van der Waals surface area contributed by atoms with Gasteiger partial charge in [-0.1, -0.05) is 12.1 Å². The van der Waals surface area contributed by atoms with Crippen molar-refractivity contribution in [3.8, 4) is 0 Å². The van der Waals surface area contributed by atoms with E-state index in [1.54, 1.807) is 48.5 Å². The van der Waals surface area contributed by atoms with Crippen LogP contribution in [0, 0.1) is 0 Å². The Morgan fingerprint density at radius 1 is 1.10 bits per heavy atom. The topological polar surface area (TPSA) is 125 Å². The van der Waals surface area contributed by atoms with Crippen molar-refractivity contribution >= 4 is 44.8 Å². The molecule has 1 fully saturated rings. The summed E-state index contributed by atoms with van der Waals surface area (Å²) >= 11 is 0. The minimum Gasteiger partial charge on any atom is -0.340 e. The predicted molar refractivity (Wildman–Crippen MR) is 112 cm³/mol. The van der Waals surface area contributed by atoms with Gasteiger partial charge in [-0.3, -0.25) is 18.7 Å². The first kappa shape index (κ1) is 19.9. The molecular weight excluding hydrogens is 408 g/mol. The van der Waals surface area contributed by atoms with Crippen LogP contribution in [0.2, 0.25) is 0 Å². The van der Waals surface area contributed by atoms with Gasteiger partial charge >= 0.3 is 0 Å². The van der Waals surface area contributed by atoms with Crippen molar-refractivity contribution in [2.24, 2.45) is 0 Å². The van der Waals surface area contributed by atoms with Gasteiger partial charge in [-0.2, -0.15) is 0 Å². The van der Waals surface area contributed by atoms with Crippen molar-refractivity contribution in [3.63, 3.8) is 0 Å². The van der Waals surface area contributed by atoms with Crippen LogP contribution < -0.4 is 20.3 Å². The first-order valence-electron chi connectivity index (χ1n) is 9.44. The number of carbonyl (C=O) groups is 3. The summed E-state index contributed by atoms with van der Waals surface area (Å²) in [7, 11) is -3.27. The zero-order valence-electron chi connectivity index (χ0n) is 15.9. The van der Waals surface area contributed by atoms with Crippen LogP contribution in [0.1, 0.15) is 23.2 Å². The van der Waals surface area contributed by atoms with E-state index in [0.717, 1.165) is 0 Å². The molecule has 0 unspecified atom stereocenters. The number of para-hydroxylation sites is 1. The van der Waals surface area contributed by atoms with Gasteiger partial charge in [0.25, 0.3) is 5.91 Å². The molecule has 9 nitrogen and oxygen atoms in total. The van der Waals surface area contributed by atoms with Gasteiger partial charge < -0.3 is 16.0 Å². The van der Waals surface area contributed by atoms with E-state index in [1.165, 1.54) is 4.31 Å². The standard InChI is InChI=1S/C20H20N4O5S/c25-18(12-17-20(27)22-16-5-2-1-4-15(16)19(26)23-17)21-13-6-8-14(9-7-13)24-10-3-11-30(24,28)29/h1-2,4-9,17H,3,10-12H2,(H,21,25)(H,22,27)(H,23,26)/t17-/m1/s1. The second-order valence-electron chi connectivity index (χ2n) is 7.10. The van der Waals surface area contributed by atoms with Gasteiger partial charge in [-0.05, 0) is 42.8 Å². The highest BCUT2D eigenvalue weighted by Gasteiger charge is 2.30. The van der Waals surface area contributed by atoms with E-state index in [9.17, 15) is 22.8 Å². The molecule has 0 aromatic heterocycles. The molecule has 2 heterocycles. The Labute approximate surface area is 173 Å². The minimum absolute atomic E-state index is 0.129. The highest BCUT2D eigenvalue weighted by Crippen LogP contribution is 2.25. The van der Waals surface area contributed by atoms with Crippen molar-refractivity contribution in [1.29, 1.82) is 0 Å². The zero-order chi connectivity index (χ0) is 21.3. The molecule has 0 aliphatic carbocycles. The molecule has 0 bridgehead atoms. The fourth-order valence-electron chi connectivity index (χ4n) is 3.49. The van der Waals surface area contributed by atoms with Gasteiger partial charge in [0.2, 0.25) is 21.8 Å². The minimum atomic E-state index is -3.27. The van der Waals surface area contributed by atoms with Gasteiger partial charge in [-0.15, -0.1) is 0 Å². The van der Waals surface area contributed by atoms with E-state index in [2.05, 4.69) is 16.0 Å². The molecule has 156 valence electrons. The van der Waals surface area contributed by atoms with E-state index in [4.69, 9.17) is 0 Å². The third kappa shape index (κ3) is 3.99. The van der Waals surface area contributed by atoms with Crippen LogP contribution in [0.3, 0.4) is 0 Å². The SMILES string of the molecule is O=C(C[C@H]1NC(=O)c2ccccc2NC1=O)Nc1ccc(N2CCCS2(=O)=O)cc1. The molecule has 0 radical (unpaired) electrons. The lowest BCUT2D eigenvalue weighted by atomic mass is 10.1. The van der Waals surface area contributed by atoms with E-state index in [-0.39, 0.29) is 12.2 Å². The molecule has 2 aliphatic heterocycles. The van der Waals surface area contributed by atoms with Crippen molar-refractivity contribution < 1.29 is 22.8 Å². The number of sulfonamides is 1. The predicted octanol–water partition coefficient (Wildman–Crippen LogP) is 1.31. The summed E-state index contributed by atoms with van der Waals surface area (Å²) in [6.45, 7) is 0.437. The van der Waals surface area contributed by atoms with Crippen LogP contribution in [-0.2, 0) is 19.6 Å². The summed E-state index contributed by atoms with van der Waals surface area (Å²) in [5, 5.41) is 7.89. The Morgan fingerprint density at radius 3 is 2.53 bits per heavy atom. The maximum Gasteiger partial charge on any atom is 0.254 e. The van der Waals surface area contributed by atoms with Gasteiger partial charge in [-0.25, -0.2) is 8.42 Å². The molecular formula is C20H20N4O5S. The lowest BCUT2D eigenvalue weighted by Gasteiger charge is -2.17. The number of nitrogens with zero attached hydrogens (tertiary/aromatic N) is 1. The molecule has 2 aromatic rings. The molecule has 3 amide bonds. The summed E-state index contributed by atoms with van der Waals surface area (Å²) in [6.07, 6.45) is 0.341. The quantitative estimate of drug-likeness (QED) is 0.677. The normalized spacial score (nSPS) is 20.0. The maximum atomic E-state index is 12.4. The van der Waals surface area contributed by atoms with Crippen LogP contribution in [0.15, 0.2) is 48.5 Å².